The van der Waals surface area contributed by atoms with Crippen molar-refractivity contribution in [3.05, 3.63) is 12.7 Å². The van der Waals surface area contributed by atoms with Gasteiger partial charge in [-0.05, 0) is 32.1 Å². The van der Waals surface area contributed by atoms with Crippen molar-refractivity contribution in [3.63, 3.8) is 0 Å². The van der Waals surface area contributed by atoms with Crippen LogP contribution in [0.25, 0.3) is 0 Å². The Labute approximate surface area is 218 Å². The normalized spacial score (nSPS) is 17.9. The molecule has 1 aliphatic rings. The lowest BCUT2D eigenvalue weighted by Crippen LogP contribution is -2.41. The van der Waals surface area contributed by atoms with Gasteiger partial charge in [-0.3, -0.25) is 5.01 Å². The molecule has 3 atom stereocenters. The smallest absolute Gasteiger partial charge is 0.191 e. The molecule has 1 unspecified atom stereocenters. The number of allylic oxidation sites excluding steroid dienone is 1. The summed E-state index contributed by atoms with van der Waals surface area (Å²) in [6.07, 6.45) is 2.65. The van der Waals surface area contributed by atoms with Crippen LogP contribution in [0.1, 0.15) is 81.6 Å². The fourth-order valence-corrected chi connectivity index (χ4v) is 3.34. The molecule has 1 saturated carbocycles. The van der Waals surface area contributed by atoms with Crippen molar-refractivity contribution < 1.29 is 14.9 Å². The molecule has 0 aliphatic heterocycles. The molecule has 10 heteroatoms. The number of nitrogens with zero attached hydrogens (tertiary/aromatic N) is 3. The van der Waals surface area contributed by atoms with Crippen LogP contribution in [0.2, 0.25) is 0 Å². The van der Waals surface area contributed by atoms with Crippen LogP contribution in [0.5, 0.6) is 0 Å². The van der Waals surface area contributed by atoms with Crippen molar-refractivity contribution >= 4 is 29.1 Å². The van der Waals surface area contributed by atoms with Crippen LogP contribution in [0, 0.1) is 5.92 Å². The summed E-state index contributed by atoms with van der Waals surface area (Å²) in [5, 5.41) is 20.9. The Morgan fingerprint density at radius 1 is 1.17 bits per heavy atom. The van der Waals surface area contributed by atoms with Crippen LogP contribution >= 0.6 is 11.8 Å². The number of hydrazine groups is 1. The van der Waals surface area contributed by atoms with Crippen molar-refractivity contribution in [1.82, 2.24) is 9.97 Å². The van der Waals surface area contributed by atoms with E-state index in [-0.39, 0.29) is 36.9 Å². The van der Waals surface area contributed by atoms with E-state index >= 15 is 0 Å². The summed E-state index contributed by atoms with van der Waals surface area (Å²) in [6, 6.07) is -0.190. The van der Waals surface area contributed by atoms with E-state index in [0.29, 0.717) is 23.8 Å². The van der Waals surface area contributed by atoms with Crippen LogP contribution in [0.4, 0.5) is 17.3 Å². The number of nitrogens with two attached hydrogens (primary N) is 3. The van der Waals surface area contributed by atoms with E-state index in [1.54, 1.807) is 6.08 Å². The second-order valence-corrected chi connectivity index (χ2v) is 8.91. The van der Waals surface area contributed by atoms with Gasteiger partial charge in [0.1, 0.15) is 5.69 Å². The molecular formula is C25H54N6O3S. The number of anilines is 3. The highest BCUT2D eigenvalue weighted by Gasteiger charge is 2.37. The number of nitrogen functional groups attached to an aromatic ring is 2. The minimum absolute atomic E-state index is 0.0897. The van der Waals surface area contributed by atoms with E-state index in [1.807, 2.05) is 34.6 Å². The Kier molecular flexibility index (Phi) is 26.2. The molecule has 0 amide bonds. The Balaban J connectivity index is -0.000000798. The van der Waals surface area contributed by atoms with Gasteiger partial charge in [-0.15, -0.1) is 6.58 Å². The van der Waals surface area contributed by atoms with Gasteiger partial charge in [-0.1, -0.05) is 73.2 Å². The van der Waals surface area contributed by atoms with Gasteiger partial charge in [0.15, 0.2) is 16.8 Å². The lowest BCUT2D eigenvalue weighted by molar-refractivity contribution is -0.0302. The van der Waals surface area contributed by atoms with Crippen LogP contribution in [0.15, 0.2) is 17.8 Å². The number of thioether (sulfide) groups is 1. The van der Waals surface area contributed by atoms with Crippen LogP contribution in [-0.4, -0.2) is 57.4 Å². The monoisotopic (exact) mass is 518 g/mol. The zero-order valence-corrected chi connectivity index (χ0v) is 24.4. The first-order valence-electron chi connectivity index (χ1n) is 12.7. The van der Waals surface area contributed by atoms with Gasteiger partial charge in [0, 0.05) is 5.75 Å². The highest BCUT2D eigenvalue weighted by molar-refractivity contribution is 7.99. The van der Waals surface area contributed by atoms with Crippen molar-refractivity contribution in [2.45, 2.75) is 105 Å². The van der Waals surface area contributed by atoms with E-state index in [2.05, 4.69) is 44.2 Å². The summed E-state index contributed by atoms with van der Waals surface area (Å²) in [5.74, 6) is 8.46. The van der Waals surface area contributed by atoms with E-state index < -0.39 is 6.10 Å². The maximum Gasteiger partial charge on any atom is 0.191 e. The zero-order valence-electron chi connectivity index (χ0n) is 23.6. The lowest BCUT2D eigenvalue weighted by atomic mass is 10.2. The summed E-state index contributed by atoms with van der Waals surface area (Å²) >= 11 is 1.49. The predicted octanol–water partition coefficient (Wildman–Crippen LogP) is 4.63. The number of ether oxygens (including phenoxy) is 1. The van der Waals surface area contributed by atoms with Gasteiger partial charge in [0.2, 0.25) is 0 Å². The third kappa shape index (κ3) is 16.7. The molecule has 0 aromatic carbocycles. The molecule has 8 N–H and O–H groups in total. The Hall–Kier alpha value is -1.59. The second-order valence-electron chi connectivity index (χ2n) is 7.85. The molecule has 1 aromatic heterocycles. The summed E-state index contributed by atoms with van der Waals surface area (Å²) in [5.41, 5.74) is 12.1. The van der Waals surface area contributed by atoms with Gasteiger partial charge in [0.25, 0.3) is 0 Å². The largest absolute Gasteiger partial charge is 0.394 e. The molecule has 1 fully saturated rings. The first kappa shape index (κ1) is 37.9. The highest BCUT2D eigenvalue weighted by Crippen LogP contribution is 2.33. The molecular weight excluding hydrogens is 464 g/mol. The number of hydrogen-bond donors (Lipinski definition) is 5. The minimum atomic E-state index is -0.651. The first-order valence-corrected chi connectivity index (χ1v) is 13.7. The van der Waals surface area contributed by atoms with Crippen molar-refractivity contribution in [2.24, 2.45) is 11.8 Å². The van der Waals surface area contributed by atoms with Crippen LogP contribution < -0.4 is 22.3 Å². The fourth-order valence-electron chi connectivity index (χ4n) is 2.64. The third-order valence-electron chi connectivity index (χ3n) is 3.88. The summed E-state index contributed by atoms with van der Waals surface area (Å²) in [6.45, 7) is 21.9. The van der Waals surface area contributed by atoms with Gasteiger partial charge >= 0.3 is 0 Å². The molecule has 0 radical (unpaired) electrons. The molecule has 1 aromatic rings. The predicted molar refractivity (Wildman–Crippen MR) is 153 cm³/mol. The van der Waals surface area contributed by atoms with Crippen molar-refractivity contribution in [2.75, 3.05) is 35.4 Å². The molecule has 0 bridgehead atoms. The molecule has 35 heavy (non-hydrogen) atoms. The van der Waals surface area contributed by atoms with E-state index in [9.17, 15) is 5.11 Å². The van der Waals surface area contributed by atoms with Crippen LogP contribution in [-0.2, 0) is 4.74 Å². The van der Waals surface area contributed by atoms with Crippen molar-refractivity contribution in [1.29, 1.82) is 0 Å². The summed E-state index contributed by atoms with van der Waals surface area (Å²) in [7, 11) is 0. The topological polar surface area (TPSA) is 157 Å². The molecule has 0 saturated heterocycles. The Bertz CT molecular complexity index is 635. The number of aliphatic hydroxyl groups is 2. The average Bonchev–Trinajstić information content (AvgIpc) is 3.21. The zero-order chi connectivity index (χ0) is 28.0. The van der Waals surface area contributed by atoms with Gasteiger partial charge < -0.3 is 26.4 Å². The number of aliphatic hydroxyl groups excluding tert-OH is 2. The van der Waals surface area contributed by atoms with Gasteiger partial charge in [0.05, 0.1) is 31.5 Å². The van der Waals surface area contributed by atoms with Crippen molar-refractivity contribution in [3.8, 4) is 0 Å². The quantitative estimate of drug-likeness (QED) is 0.108. The number of hydrogen-bond acceptors (Lipinski definition) is 10. The molecule has 1 aliphatic carbocycles. The molecule has 2 rings (SSSR count). The first-order chi connectivity index (χ1) is 16.6. The summed E-state index contributed by atoms with van der Waals surface area (Å²) < 4.78 is 5.44. The fraction of sp³-hybridized carbons (Fsp3) is 0.760. The third-order valence-corrected chi connectivity index (χ3v) is 4.93. The molecule has 0 spiro atoms. The number of rotatable bonds is 8. The number of aromatic nitrogens is 2. The van der Waals surface area contributed by atoms with E-state index in [4.69, 9.17) is 27.2 Å². The standard InChI is InChI=1S/C14H26N6O3S.C4H10.C3H6.2C2H6/c1-2-5-24-14-18-12(16)11(15)13(19-14)20(17)8-6-9(22)10(7-8)23-4-3-21;1-4(2)3;1-3-2;2*1-2/h8-10,21-22H,2-7,15,17H2,1H3,(H2,16,18,19);4H,1-3H3;3H,1H2,2H3;2*1-2H3/t8-,9-,10?;;;;/m0..../s1. The molecule has 9 nitrogen and oxygen atoms in total. The maximum absolute atomic E-state index is 10.1. The lowest BCUT2D eigenvalue weighted by Gasteiger charge is -2.26. The SMILES string of the molecule is C=CC.CC.CC.CC(C)C.CCCSc1nc(N)c(N)c(N(N)[C@@H]2CC(OCCO)[C@@H](O)C2)n1. The van der Waals surface area contributed by atoms with Gasteiger partial charge in [-0.25, -0.2) is 15.8 Å². The Morgan fingerprint density at radius 2 is 1.69 bits per heavy atom. The molecule has 1 heterocycles. The van der Waals surface area contributed by atoms with Gasteiger partial charge in [-0.2, -0.15) is 0 Å². The summed E-state index contributed by atoms with van der Waals surface area (Å²) in [4.78, 5) is 8.58. The van der Waals surface area contributed by atoms with E-state index in [1.165, 1.54) is 16.8 Å². The van der Waals surface area contributed by atoms with Crippen LogP contribution in [0.3, 0.4) is 0 Å². The maximum atomic E-state index is 10.1. The second kappa shape index (κ2) is 24.1. The Morgan fingerprint density at radius 3 is 2.14 bits per heavy atom. The molecule has 208 valence electrons. The minimum Gasteiger partial charge on any atom is -0.394 e. The average molecular weight is 519 g/mol. The van der Waals surface area contributed by atoms with E-state index in [0.717, 1.165) is 18.1 Å². The highest BCUT2D eigenvalue weighted by atomic mass is 32.2.